The lowest BCUT2D eigenvalue weighted by atomic mass is 10.1. The first-order valence-corrected chi connectivity index (χ1v) is 12.0. The molecule has 0 aliphatic carbocycles. The number of ether oxygens (including phenoxy) is 1. The summed E-state index contributed by atoms with van der Waals surface area (Å²) in [6.07, 6.45) is 1.83. The molecule has 0 saturated carbocycles. The number of furan rings is 1. The second-order valence-corrected chi connectivity index (χ2v) is 8.52. The molecule has 1 aromatic heterocycles. The lowest BCUT2D eigenvalue weighted by Gasteiger charge is -2.19. The van der Waals surface area contributed by atoms with E-state index in [1.165, 1.54) is 0 Å². The summed E-state index contributed by atoms with van der Waals surface area (Å²) in [5.74, 6) is 1.32. The third-order valence-corrected chi connectivity index (χ3v) is 5.93. The van der Waals surface area contributed by atoms with Crippen LogP contribution in [0.15, 0.2) is 124 Å². The van der Waals surface area contributed by atoms with Crippen LogP contribution in [0.5, 0.6) is 5.75 Å². The Morgan fingerprint density at radius 3 is 1.92 bits per heavy atom. The molecule has 0 amide bonds. The molecule has 37 heavy (non-hydrogen) atoms. The van der Waals surface area contributed by atoms with Gasteiger partial charge in [0.1, 0.15) is 5.71 Å². The van der Waals surface area contributed by atoms with Crippen LogP contribution >= 0.6 is 0 Å². The Hall–Kier alpha value is -4.84. The SMILES string of the molecule is COc1cc(/C=N/N(c2ccccc2)c2ccccc2)cc2cc(/C(C)=N/N(C)c3ccccc3)oc12. The fraction of sp³-hybridized carbons (Fsp3) is 0.0968. The van der Waals surface area contributed by atoms with E-state index in [9.17, 15) is 0 Å². The molecule has 4 aromatic carbocycles. The smallest absolute Gasteiger partial charge is 0.176 e. The lowest BCUT2D eigenvalue weighted by molar-refractivity contribution is 0.410. The number of hydrogen-bond acceptors (Lipinski definition) is 6. The molecule has 0 bridgehead atoms. The van der Waals surface area contributed by atoms with Crippen molar-refractivity contribution in [1.82, 2.24) is 0 Å². The van der Waals surface area contributed by atoms with Crippen molar-refractivity contribution >= 4 is 40.0 Å². The summed E-state index contributed by atoms with van der Waals surface area (Å²) in [6, 6.07) is 36.1. The number of nitrogens with zero attached hydrogens (tertiary/aromatic N) is 4. The molecule has 184 valence electrons. The van der Waals surface area contributed by atoms with Crippen molar-refractivity contribution in [1.29, 1.82) is 0 Å². The number of anilines is 3. The van der Waals surface area contributed by atoms with E-state index < -0.39 is 0 Å². The molecule has 0 atom stereocenters. The van der Waals surface area contributed by atoms with Crippen LogP contribution < -0.4 is 14.8 Å². The van der Waals surface area contributed by atoms with Crippen LogP contribution in [-0.2, 0) is 0 Å². The average molecular weight is 489 g/mol. The van der Waals surface area contributed by atoms with Crippen LogP contribution in [0.3, 0.4) is 0 Å². The third-order valence-electron chi connectivity index (χ3n) is 5.93. The van der Waals surface area contributed by atoms with Crippen LogP contribution in [0.1, 0.15) is 18.2 Å². The molecule has 0 saturated heterocycles. The van der Waals surface area contributed by atoms with E-state index in [2.05, 4.69) is 0 Å². The zero-order valence-electron chi connectivity index (χ0n) is 21.1. The monoisotopic (exact) mass is 488 g/mol. The van der Waals surface area contributed by atoms with Gasteiger partial charge >= 0.3 is 0 Å². The predicted molar refractivity (Wildman–Crippen MR) is 152 cm³/mol. The number of hydrogen-bond donors (Lipinski definition) is 0. The van der Waals surface area contributed by atoms with Crippen LogP contribution in [0, 0.1) is 0 Å². The summed E-state index contributed by atoms with van der Waals surface area (Å²) in [5, 5.41) is 14.2. The van der Waals surface area contributed by atoms with Gasteiger partial charge < -0.3 is 9.15 Å². The summed E-state index contributed by atoms with van der Waals surface area (Å²) >= 11 is 0. The number of benzene rings is 4. The first-order valence-electron chi connectivity index (χ1n) is 12.0. The molecule has 0 radical (unpaired) electrons. The van der Waals surface area contributed by atoms with Gasteiger partial charge in [0.2, 0.25) is 0 Å². The summed E-state index contributed by atoms with van der Waals surface area (Å²) in [7, 11) is 3.56. The number of para-hydroxylation sites is 3. The highest BCUT2D eigenvalue weighted by Gasteiger charge is 2.14. The summed E-state index contributed by atoms with van der Waals surface area (Å²) in [5.41, 5.74) is 5.27. The van der Waals surface area contributed by atoms with Crippen molar-refractivity contribution < 1.29 is 9.15 Å². The summed E-state index contributed by atoms with van der Waals surface area (Å²) < 4.78 is 11.8. The van der Waals surface area contributed by atoms with Gasteiger partial charge in [-0.05, 0) is 67.1 Å². The van der Waals surface area contributed by atoms with Gasteiger partial charge in [-0.2, -0.15) is 10.2 Å². The molecular formula is C31H28N4O2. The predicted octanol–water partition coefficient (Wildman–Crippen LogP) is 7.47. The first-order chi connectivity index (χ1) is 18.1. The van der Waals surface area contributed by atoms with Gasteiger partial charge in [-0.1, -0.05) is 54.6 Å². The highest BCUT2D eigenvalue weighted by atomic mass is 16.5. The van der Waals surface area contributed by atoms with Crippen molar-refractivity contribution in [2.45, 2.75) is 6.92 Å². The maximum Gasteiger partial charge on any atom is 0.176 e. The Bertz CT molecular complexity index is 1490. The minimum absolute atomic E-state index is 0.639. The molecule has 6 nitrogen and oxygen atoms in total. The molecule has 0 unspecified atom stereocenters. The average Bonchev–Trinajstić information content (AvgIpc) is 3.39. The van der Waals surface area contributed by atoms with Gasteiger partial charge in [0.15, 0.2) is 17.1 Å². The number of methoxy groups -OCH3 is 1. The van der Waals surface area contributed by atoms with E-state index in [4.69, 9.17) is 19.4 Å². The Balaban J connectivity index is 1.48. The fourth-order valence-corrected chi connectivity index (χ4v) is 4.07. The second kappa shape index (κ2) is 10.8. The lowest BCUT2D eigenvalue weighted by Crippen LogP contribution is -2.11. The molecule has 5 aromatic rings. The maximum atomic E-state index is 6.17. The second-order valence-electron chi connectivity index (χ2n) is 8.52. The largest absolute Gasteiger partial charge is 0.493 e. The summed E-state index contributed by atoms with van der Waals surface area (Å²) in [4.78, 5) is 0. The van der Waals surface area contributed by atoms with Crippen molar-refractivity contribution in [3.05, 3.63) is 121 Å². The topological polar surface area (TPSA) is 53.6 Å². The van der Waals surface area contributed by atoms with Gasteiger partial charge in [0.05, 0.1) is 30.4 Å². The molecule has 0 spiro atoms. The Morgan fingerprint density at radius 1 is 0.784 bits per heavy atom. The molecule has 0 fully saturated rings. The van der Waals surface area contributed by atoms with Crippen LogP contribution in [0.4, 0.5) is 17.1 Å². The fourth-order valence-electron chi connectivity index (χ4n) is 4.07. The standard InChI is InChI=1S/C31H28N4O2/c1-23(33-34(2)26-13-7-4-8-14-26)29-21-25-19-24(20-30(36-3)31(25)37-29)22-32-35(27-15-9-5-10-16-27)28-17-11-6-12-18-28/h4-22H,1-3H3/b32-22+,33-23+. The van der Waals surface area contributed by atoms with E-state index in [0.29, 0.717) is 17.1 Å². The molecule has 1 heterocycles. The molecule has 5 rings (SSSR count). The van der Waals surface area contributed by atoms with Crippen molar-refractivity contribution in [3.8, 4) is 5.75 Å². The first kappa shape index (κ1) is 23.9. The van der Waals surface area contributed by atoms with Crippen LogP contribution in [0.2, 0.25) is 0 Å². The minimum atomic E-state index is 0.639. The van der Waals surface area contributed by atoms with Crippen molar-refractivity contribution in [2.24, 2.45) is 10.2 Å². The Kier molecular flexibility index (Phi) is 6.99. The van der Waals surface area contributed by atoms with E-state index >= 15 is 0 Å². The van der Waals surface area contributed by atoms with Crippen LogP contribution in [0.25, 0.3) is 11.0 Å². The minimum Gasteiger partial charge on any atom is -0.493 e. The van der Waals surface area contributed by atoms with Gasteiger partial charge in [-0.15, -0.1) is 0 Å². The van der Waals surface area contributed by atoms with Crippen LogP contribution in [-0.4, -0.2) is 26.1 Å². The number of hydrazone groups is 2. The van der Waals surface area contributed by atoms with E-state index in [1.54, 1.807) is 7.11 Å². The number of fused-ring (bicyclic) bond motifs is 1. The normalized spacial score (nSPS) is 11.7. The molecule has 6 heteroatoms. The van der Waals surface area contributed by atoms with E-state index in [-0.39, 0.29) is 0 Å². The Labute approximate surface area is 216 Å². The molecular weight excluding hydrogens is 460 g/mol. The van der Waals surface area contributed by atoms with Gasteiger partial charge in [0, 0.05) is 12.4 Å². The van der Waals surface area contributed by atoms with E-state index in [0.717, 1.165) is 33.7 Å². The molecule has 0 aliphatic rings. The highest BCUT2D eigenvalue weighted by Crippen LogP contribution is 2.31. The number of rotatable bonds is 8. The third kappa shape index (κ3) is 5.38. The quantitative estimate of drug-likeness (QED) is 0.168. The molecule has 0 aliphatic heterocycles. The van der Waals surface area contributed by atoms with Gasteiger partial charge in [-0.25, -0.2) is 5.01 Å². The zero-order chi connectivity index (χ0) is 25.6. The highest BCUT2D eigenvalue weighted by molar-refractivity contribution is 6.02. The summed E-state index contributed by atoms with van der Waals surface area (Å²) in [6.45, 7) is 1.93. The Morgan fingerprint density at radius 2 is 1.35 bits per heavy atom. The van der Waals surface area contributed by atoms with Crippen molar-refractivity contribution in [3.63, 3.8) is 0 Å². The maximum absolute atomic E-state index is 6.17. The van der Waals surface area contributed by atoms with Gasteiger partial charge in [-0.3, -0.25) is 5.01 Å². The van der Waals surface area contributed by atoms with E-state index in [1.807, 2.05) is 139 Å². The van der Waals surface area contributed by atoms with Gasteiger partial charge in [0.25, 0.3) is 0 Å². The molecule has 0 N–H and O–H groups in total. The van der Waals surface area contributed by atoms with Crippen molar-refractivity contribution in [2.75, 3.05) is 24.2 Å². The zero-order valence-corrected chi connectivity index (χ0v) is 21.1.